The molecule has 0 fully saturated rings. The lowest BCUT2D eigenvalue weighted by molar-refractivity contribution is 0.929. The third-order valence-electron chi connectivity index (χ3n) is 2.24. The predicted molar refractivity (Wildman–Crippen MR) is 62.6 cm³/mol. The van der Waals surface area contributed by atoms with Gasteiger partial charge in [0, 0.05) is 10.9 Å². The average Bonchev–Trinajstić information content (AvgIpc) is 2.79. The number of benzene rings is 1. The van der Waals surface area contributed by atoms with Crippen molar-refractivity contribution in [3.63, 3.8) is 0 Å². The van der Waals surface area contributed by atoms with Crippen molar-refractivity contribution in [2.45, 2.75) is 0 Å². The fourth-order valence-electron chi connectivity index (χ4n) is 1.50. The van der Waals surface area contributed by atoms with Crippen molar-refractivity contribution in [2.75, 3.05) is 0 Å². The molecule has 0 amide bonds. The maximum atomic E-state index is 11.7. The van der Waals surface area contributed by atoms with Gasteiger partial charge in [0.1, 0.15) is 6.33 Å². The molecule has 0 bridgehead atoms. The summed E-state index contributed by atoms with van der Waals surface area (Å²) >= 11 is 1.45. The fourth-order valence-corrected chi connectivity index (χ4v) is 2.43. The van der Waals surface area contributed by atoms with E-state index < -0.39 is 0 Å². The van der Waals surface area contributed by atoms with Crippen molar-refractivity contribution >= 4 is 16.3 Å². The van der Waals surface area contributed by atoms with E-state index in [2.05, 4.69) is 10.1 Å². The fraction of sp³-hybridized carbons (Fsp3) is 0. The Labute approximate surface area is 94.8 Å². The van der Waals surface area contributed by atoms with Gasteiger partial charge >= 0.3 is 0 Å². The number of hydrogen-bond acceptors (Lipinski definition) is 4. The highest BCUT2D eigenvalue weighted by molar-refractivity contribution is 7.19. The van der Waals surface area contributed by atoms with E-state index in [4.69, 9.17) is 0 Å². The molecule has 4 nitrogen and oxygen atoms in total. The molecule has 5 heteroatoms. The summed E-state index contributed by atoms with van der Waals surface area (Å²) < 4.78 is 1.30. The normalized spacial score (nSPS) is 10.8. The van der Waals surface area contributed by atoms with E-state index in [0.717, 1.165) is 10.4 Å². The lowest BCUT2D eigenvalue weighted by Gasteiger charge is -1.99. The van der Waals surface area contributed by atoms with Crippen LogP contribution < -0.4 is 5.56 Å². The molecule has 1 aromatic carbocycles. The van der Waals surface area contributed by atoms with Crippen LogP contribution in [0.2, 0.25) is 0 Å². The minimum atomic E-state index is -0.148. The summed E-state index contributed by atoms with van der Waals surface area (Å²) in [5, 5.41) is 3.86. The molecule has 0 N–H and O–H groups in total. The van der Waals surface area contributed by atoms with Crippen LogP contribution in [-0.2, 0) is 0 Å². The summed E-state index contributed by atoms with van der Waals surface area (Å²) in [5.74, 6) is 0. The maximum absolute atomic E-state index is 11.7. The van der Waals surface area contributed by atoms with Crippen LogP contribution in [0.15, 0.2) is 47.5 Å². The van der Waals surface area contributed by atoms with E-state index in [1.807, 2.05) is 30.3 Å². The van der Waals surface area contributed by atoms with Crippen molar-refractivity contribution in [3.05, 3.63) is 53.1 Å². The first-order valence-corrected chi connectivity index (χ1v) is 5.55. The summed E-state index contributed by atoms with van der Waals surface area (Å²) in [5.41, 5.74) is 0.875. The molecule has 0 atom stereocenters. The standard InChI is InChI=1S/C11H7N3OS/c15-10-6-9(8-4-2-1-3-5-8)16-11-12-7-13-14(10)11/h1-7H. The SMILES string of the molecule is O=c1cc(-c2ccccc2)sc2ncnn12. The van der Waals surface area contributed by atoms with Gasteiger partial charge in [-0.1, -0.05) is 41.7 Å². The molecular weight excluding hydrogens is 222 g/mol. The van der Waals surface area contributed by atoms with Crippen LogP contribution in [0.5, 0.6) is 0 Å². The molecule has 78 valence electrons. The molecule has 0 saturated carbocycles. The first-order chi connectivity index (χ1) is 7.84. The number of hydrogen-bond donors (Lipinski definition) is 0. The van der Waals surface area contributed by atoms with Gasteiger partial charge < -0.3 is 0 Å². The van der Waals surface area contributed by atoms with Gasteiger partial charge in [-0.05, 0) is 5.56 Å². The molecule has 0 spiro atoms. The van der Waals surface area contributed by atoms with Crippen molar-refractivity contribution in [1.29, 1.82) is 0 Å². The van der Waals surface area contributed by atoms with E-state index in [1.54, 1.807) is 6.07 Å². The topological polar surface area (TPSA) is 47.3 Å². The molecule has 0 saturated heterocycles. The summed E-state index contributed by atoms with van der Waals surface area (Å²) in [7, 11) is 0. The third-order valence-corrected chi connectivity index (χ3v) is 3.27. The van der Waals surface area contributed by atoms with E-state index in [0.29, 0.717) is 4.96 Å². The minimum absolute atomic E-state index is 0.148. The van der Waals surface area contributed by atoms with Gasteiger partial charge in [-0.25, -0.2) is 4.98 Å². The Morgan fingerprint density at radius 2 is 2.00 bits per heavy atom. The highest BCUT2D eigenvalue weighted by Crippen LogP contribution is 2.23. The lowest BCUT2D eigenvalue weighted by Crippen LogP contribution is -2.11. The molecule has 2 heterocycles. The number of nitrogens with zero attached hydrogens (tertiary/aromatic N) is 3. The molecular formula is C11H7N3OS. The summed E-state index contributed by atoms with van der Waals surface area (Å²) in [4.78, 5) is 17.3. The van der Waals surface area contributed by atoms with E-state index in [9.17, 15) is 4.79 Å². The largest absolute Gasteiger partial charge is 0.275 e. The second-order valence-electron chi connectivity index (χ2n) is 3.27. The van der Waals surface area contributed by atoms with E-state index >= 15 is 0 Å². The first kappa shape index (κ1) is 9.23. The Kier molecular flexibility index (Phi) is 2.04. The van der Waals surface area contributed by atoms with E-state index in [-0.39, 0.29) is 5.56 Å². The Hall–Kier alpha value is -2.01. The van der Waals surface area contributed by atoms with Crippen LogP contribution in [0, 0.1) is 0 Å². The Bertz CT molecular complexity index is 687. The quantitative estimate of drug-likeness (QED) is 0.639. The number of rotatable bonds is 1. The molecule has 2 aromatic heterocycles. The van der Waals surface area contributed by atoms with Crippen molar-refractivity contribution < 1.29 is 0 Å². The molecule has 0 aliphatic rings. The zero-order valence-corrected chi connectivity index (χ0v) is 9.02. The Morgan fingerprint density at radius 1 is 1.19 bits per heavy atom. The van der Waals surface area contributed by atoms with Crippen molar-refractivity contribution in [3.8, 4) is 10.4 Å². The Balaban J connectivity index is 2.30. The van der Waals surface area contributed by atoms with Gasteiger partial charge in [0.05, 0.1) is 0 Å². The van der Waals surface area contributed by atoms with Crippen LogP contribution in [0.4, 0.5) is 0 Å². The van der Waals surface area contributed by atoms with Crippen LogP contribution in [0.1, 0.15) is 0 Å². The van der Waals surface area contributed by atoms with Crippen LogP contribution in [0.3, 0.4) is 0 Å². The van der Waals surface area contributed by atoms with Gasteiger partial charge in [-0.3, -0.25) is 4.79 Å². The first-order valence-electron chi connectivity index (χ1n) is 4.74. The molecule has 0 radical (unpaired) electrons. The lowest BCUT2D eigenvalue weighted by atomic mass is 10.2. The predicted octanol–water partition coefficient (Wildman–Crippen LogP) is 1.82. The monoisotopic (exact) mass is 229 g/mol. The second-order valence-corrected chi connectivity index (χ2v) is 4.28. The second kappa shape index (κ2) is 3.53. The highest BCUT2D eigenvalue weighted by atomic mass is 32.1. The third kappa shape index (κ3) is 1.42. The van der Waals surface area contributed by atoms with Crippen molar-refractivity contribution in [2.24, 2.45) is 0 Å². The van der Waals surface area contributed by atoms with Crippen molar-refractivity contribution in [1.82, 2.24) is 14.6 Å². The molecule has 0 aliphatic carbocycles. The average molecular weight is 229 g/mol. The summed E-state index contributed by atoms with van der Waals surface area (Å²) in [6.07, 6.45) is 1.39. The minimum Gasteiger partial charge on any atom is -0.267 e. The summed E-state index contributed by atoms with van der Waals surface area (Å²) in [6.45, 7) is 0. The van der Waals surface area contributed by atoms with Crippen LogP contribution in [0.25, 0.3) is 15.4 Å². The number of fused-ring (bicyclic) bond motifs is 1. The van der Waals surface area contributed by atoms with Gasteiger partial charge in [0.2, 0.25) is 4.96 Å². The zero-order chi connectivity index (χ0) is 11.0. The van der Waals surface area contributed by atoms with Crippen LogP contribution >= 0.6 is 11.3 Å². The molecule has 3 aromatic rings. The molecule has 0 aliphatic heterocycles. The Morgan fingerprint density at radius 3 is 2.81 bits per heavy atom. The highest BCUT2D eigenvalue weighted by Gasteiger charge is 2.05. The number of aromatic nitrogens is 3. The maximum Gasteiger partial charge on any atom is 0.275 e. The van der Waals surface area contributed by atoms with Gasteiger partial charge in [-0.15, -0.1) is 0 Å². The molecule has 3 rings (SSSR count). The molecule has 0 unspecified atom stereocenters. The van der Waals surface area contributed by atoms with Gasteiger partial charge in [-0.2, -0.15) is 9.61 Å². The van der Waals surface area contributed by atoms with Gasteiger partial charge in [0.15, 0.2) is 0 Å². The smallest absolute Gasteiger partial charge is 0.267 e. The van der Waals surface area contributed by atoms with E-state index in [1.165, 1.54) is 22.2 Å². The zero-order valence-electron chi connectivity index (χ0n) is 8.20. The molecule has 16 heavy (non-hydrogen) atoms. The van der Waals surface area contributed by atoms with Crippen LogP contribution in [-0.4, -0.2) is 14.6 Å². The van der Waals surface area contributed by atoms with Gasteiger partial charge in [0.25, 0.3) is 5.56 Å². The summed E-state index contributed by atoms with van der Waals surface area (Å²) in [6, 6.07) is 11.4.